The molecule has 0 saturated heterocycles. The number of amides is 1. The zero-order valence-corrected chi connectivity index (χ0v) is 10.4. The van der Waals surface area contributed by atoms with Gasteiger partial charge in [-0.2, -0.15) is 0 Å². The lowest BCUT2D eigenvalue weighted by Crippen LogP contribution is -2.44. The maximum absolute atomic E-state index is 11.8. The summed E-state index contributed by atoms with van der Waals surface area (Å²) >= 11 is 0. The van der Waals surface area contributed by atoms with Crippen molar-refractivity contribution in [3.8, 4) is 0 Å². The first-order valence-electron chi connectivity index (χ1n) is 5.43. The normalized spacial score (nSPS) is 12.5. The van der Waals surface area contributed by atoms with Crippen LogP contribution in [0.3, 0.4) is 0 Å². The molecule has 5 heteroatoms. The van der Waals surface area contributed by atoms with Crippen molar-refractivity contribution in [2.75, 3.05) is 0 Å². The van der Waals surface area contributed by atoms with Gasteiger partial charge in [0.15, 0.2) is 5.76 Å². The average molecular weight is 239 g/mol. The second-order valence-corrected chi connectivity index (χ2v) is 4.40. The standard InChI is InChI=1S/C12H17NO4/c1-6(2)9(12(15)16)13-11(14)10-7(3)5-8(4)17-10/h5-6,9H,1-4H3,(H,13,14)(H,15,16)/t9-/m1/s1. The maximum Gasteiger partial charge on any atom is 0.326 e. The van der Waals surface area contributed by atoms with E-state index in [0.29, 0.717) is 11.3 Å². The fourth-order valence-electron chi connectivity index (χ4n) is 1.59. The Morgan fingerprint density at radius 2 is 1.94 bits per heavy atom. The molecule has 0 fully saturated rings. The first-order chi connectivity index (χ1) is 7.82. The number of aryl methyl sites for hydroxylation is 2. The summed E-state index contributed by atoms with van der Waals surface area (Å²) in [6.07, 6.45) is 0. The summed E-state index contributed by atoms with van der Waals surface area (Å²) in [5.41, 5.74) is 0.702. The van der Waals surface area contributed by atoms with Gasteiger partial charge in [-0.05, 0) is 25.8 Å². The Hall–Kier alpha value is -1.78. The van der Waals surface area contributed by atoms with Crippen LogP contribution in [-0.4, -0.2) is 23.0 Å². The topological polar surface area (TPSA) is 79.5 Å². The van der Waals surface area contributed by atoms with Crippen LogP contribution in [0.15, 0.2) is 10.5 Å². The van der Waals surface area contributed by atoms with Crippen molar-refractivity contribution in [3.05, 3.63) is 23.2 Å². The lowest BCUT2D eigenvalue weighted by Gasteiger charge is -2.17. The molecule has 1 rings (SSSR count). The Balaban J connectivity index is 2.85. The molecule has 2 N–H and O–H groups in total. The van der Waals surface area contributed by atoms with E-state index in [2.05, 4.69) is 5.32 Å². The quantitative estimate of drug-likeness (QED) is 0.838. The number of carbonyl (C=O) groups is 2. The first-order valence-corrected chi connectivity index (χ1v) is 5.43. The van der Waals surface area contributed by atoms with E-state index in [1.54, 1.807) is 33.8 Å². The van der Waals surface area contributed by atoms with Gasteiger partial charge in [0.05, 0.1) is 0 Å². The minimum absolute atomic E-state index is 0.175. The molecule has 0 aromatic carbocycles. The summed E-state index contributed by atoms with van der Waals surface area (Å²) in [7, 11) is 0. The van der Waals surface area contributed by atoms with Gasteiger partial charge in [0.1, 0.15) is 11.8 Å². The zero-order chi connectivity index (χ0) is 13.2. The number of carbonyl (C=O) groups excluding carboxylic acids is 1. The van der Waals surface area contributed by atoms with Crippen LogP contribution >= 0.6 is 0 Å². The molecule has 1 aromatic heterocycles. The van der Waals surface area contributed by atoms with Crippen molar-refractivity contribution in [3.63, 3.8) is 0 Å². The summed E-state index contributed by atoms with van der Waals surface area (Å²) in [6, 6.07) is 0.826. The molecule has 0 radical (unpaired) electrons. The molecule has 1 amide bonds. The number of hydrogen-bond donors (Lipinski definition) is 2. The average Bonchev–Trinajstić information content (AvgIpc) is 2.53. The Labute approximate surface area is 99.8 Å². The molecule has 1 aromatic rings. The molecule has 1 heterocycles. The highest BCUT2D eigenvalue weighted by atomic mass is 16.4. The molecule has 94 valence electrons. The molecule has 0 bridgehead atoms. The largest absolute Gasteiger partial charge is 0.480 e. The van der Waals surface area contributed by atoms with E-state index in [9.17, 15) is 9.59 Å². The Morgan fingerprint density at radius 1 is 1.35 bits per heavy atom. The van der Waals surface area contributed by atoms with E-state index in [4.69, 9.17) is 9.52 Å². The first kappa shape index (κ1) is 13.3. The van der Waals surface area contributed by atoms with Crippen molar-refractivity contribution in [1.82, 2.24) is 5.32 Å². The van der Waals surface area contributed by atoms with E-state index in [0.717, 1.165) is 0 Å². The van der Waals surface area contributed by atoms with Gasteiger partial charge in [0.2, 0.25) is 0 Å². The molecule has 0 aliphatic rings. The summed E-state index contributed by atoms with van der Waals surface area (Å²) in [5.74, 6) is -0.919. The maximum atomic E-state index is 11.8. The molecule has 1 atom stereocenters. The number of carboxylic acid groups (broad SMARTS) is 1. The molecule has 17 heavy (non-hydrogen) atoms. The minimum Gasteiger partial charge on any atom is -0.480 e. The number of nitrogens with one attached hydrogen (secondary N) is 1. The lowest BCUT2D eigenvalue weighted by atomic mass is 10.0. The number of carboxylic acids is 1. The third-order valence-corrected chi connectivity index (χ3v) is 2.47. The van der Waals surface area contributed by atoms with E-state index in [1.807, 2.05) is 0 Å². The van der Waals surface area contributed by atoms with Crippen molar-refractivity contribution >= 4 is 11.9 Å². The van der Waals surface area contributed by atoms with E-state index in [1.165, 1.54) is 0 Å². The Morgan fingerprint density at radius 3 is 2.29 bits per heavy atom. The predicted molar refractivity (Wildman–Crippen MR) is 61.9 cm³/mol. The highest BCUT2D eigenvalue weighted by Gasteiger charge is 2.25. The molecule has 5 nitrogen and oxygen atoms in total. The summed E-state index contributed by atoms with van der Waals surface area (Å²) < 4.78 is 5.23. The third-order valence-electron chi connectivity index (χ3n) is 2.47. The number of aliphatic carboxylic acids is 1. The van der Waals surface area contributed by atoms with Gasteiger partial charge >= 0.3 is 5.97 Å². The summed E-state index contributed by atoms with van der Waals surface area (Å²) in [4.78, 5) is 22.8. The van der Waals surface area contributed by atoms with Gasteiger partial charge in [0.25, 0.3) is 5.91 Å². The fraction of sp³-hybridized carbons (Fsp3) is 0.500. The molecule has 0 aliphatic carbocycles. The molecule has 0 saturated carbocycles. The van der Waals surface area contributed by atoms with Gasteiger partial charge in [-0.1, -0.05) is 13.8 Å². The van der Waals surface area contributed by atoms with Crippen LogP contribution in [0.5, 0.6) is 0 Å². The molecular formula is C12H17NO4. The molecular weight excluding hydrogens is 222 g/mol. The Bertz CT molecular complexity index is 434. The number of rotatable bonds is 4. The monoisotopic (exact) mass is 239 g/mol. The van der Waals surface area contributed by atoms with Gasteiger partial charge in [-0.15, -0.1) is 0 Å². The second kappa shape index (κ2) is 5.03. The van der Waals surface area contributed by atoms with Crippen molar-refractivity contribution in [2.45, 2.75) is 33.7 Å². The summed E-state index contributed by atoms with van der Waals surface area (Å²) in [5, 5.41) is 11.4. The van der Waals surface area contributed by atoms with E-state index in [-0.39, 0.29) is 11.7 Å². The van der Waals surface area contributed by atoms with Crippen LogP contribution in [-0.2, 0) is 4.79 Å². The molecule has 0 unspecified atom stereocenters. The van der Waals surface area contributed by atoms with Gasteiger partial charge in [0, 0.05) is 5.56 Å². The van der Waals surface area contributed by atoms with Gasteiger partial charge < -0.3 is 14.8 Å². The second-order valence-electron chi connectivity index (χ2n) is 4.40. The number of hydrogen-bond acceptors (Lipinski definition) is 3. The van der Waals surface area contributed by atoms with Crippen LogP contribution in [0.4, 0.5) is 0 Å². The minimum atomic E-state index is -1.05. The van der Waals surface area contributed by atoms with Gasteiger partial charge in [-0.3, -0.25) is 4.79 Å². The lowest BCUT2D eigenvalue weighted by molar-refractivity contribution is -0.140. The molecule has 0 spiro atoms. The van der Waals surface area contributed by atoms with Crippen molar-refractivity contribution in [1.29, 1.82) is 0 Å². The SMILES string of the molecule is Cc1cc(C)c(C(=O)N[C@@H](C(=O)O)C(C)C)o1. The van der Waals surface area contributed by atoms with Crippen molar-refractivity contribution < 1.29 is 19.1 Å². The fourth-order valence-corrected chi connectivity index (χ4v) is 1.59. The molecule has 0 aliphatic heterocycles. The smallest absolute Gasteiger partial charge is 0.326 e. The number of furan rings is 1. The van der Waals surface area contributed by atoms with Crippen LogP contribution in [0.2, 0.25) is 0 Å². The summed E-state index contributed by atoms with van der Waals surface area (Å²) in [6.45, 7) is 6.95. The van der Waals surface area contributed by atoms with Crippen molar-refractivity contribution in [2.24, 2.45) is 5.92 Å². The Kier molecular flexibility index (Phi) is 3.93. The van der Waals surface area contributed by atoms with Crippen LogP contribution in [0, 0.1) is 19.8 Å². The van der Waals surface area contributed by atoms with Crippen LogP contribution < -0.4 is 5.32 Å². The van der Waals surface area contributed by atoms with E-state index < -0.39 is 17.9 Å². The van der Waals surface area contributed by atoms with Gasteiger partial charge in [-0.25, -0.2) is 4.79 Å². The van der Waals surface area contributed by atoms with E-state index >= 15 is 0 Å². The highest BCUT2D eigenvalue weighted by molar-refractivity contribution is 5.95. The zero-order valence-electron chi connectivity index (χ0n) is 10.4. The third kappa shape index (κ3) is 3.09. The highest BCUT2D eigenvalue weighted by Crippen LogP contribution is 2.14. The van der Waals surface area contributed by atoms with Crippen LogP contribution in [0.25, 0.3) is 0 Å². The van der Waals surface area contributed by atoms with Crippen LogP contribution in [0.1, 0.15) is 35.7 Å². The predicted octanol–water partition coefficient (Wildman–Crippen LogP) is 1.74.